The lowest BCUT2D eigenvalue weighted by Crippen LogP contribution is -2.37. The molecule has 0 saturated heterocycles. The summed E-state index contributed by atoms with van der Waals surface area (Å²) in [7, 11) is 0. The number of rotatable bonds is 5. The molecule has 1 fully saturated rings. The Balaban J connectivity index is 1.53. The quantitative estimate of drug-likeness (QED) is 0.311. The van der Waals surface area contributed by atoms with E-state index in [0.717, 1.165) is 34.5 Å². The highest BCUT2D eigenvalue weighted by atomic mass is 35.5. The van der Waals surface area contributed by atoms with Gasteiger partial charge in [-0.25, -0.2) is 14.8 Å². The zero-order valence-corrected chi connectivity index (χ0v) is 20.2. The molecule has 33 heavy (non-hydrogen) atoms. The Morgan fingerprint density at radius 3 is 2.67 bits per heavy atom. The van der Waals surface area contributed by atoms with Crippen LogP contribution in [0.2, 0.25) is 5.15 Å². The maximum Gasteiger partial charge on any atom is 0.416 e. The monoisotopic (exact) mass is 481 g/mol. The molecule has 0 bridgehead atoms. The van der Waals surface area contributed by atoms with Gasteiger partial charge in [0, 0.05) is 28.8 Å². The molecule has 5 rings (SSSR count). The number of hydrogen-bond donors (Lipinski definition) is 0. The second-order valence-electron chi connectivity index (χ2n) is 9.15. The zero-order valence-electron chi connectivity index (χ0n) is 18.7. The van der Waals surface area contributed by atoms with E-state index in [1.807, 2.05) is 56.6 Å². The van der Waals surface area contributed by atoms with Gasteiger partial charge in [0.15, 0.2) is 5.65 Å². The minimum absolute atomic E-state index is 0.293. The molecule has 170 valence electrons. The topological polar surface area (TPSA) is 72.6 Å². The van der Waals surface area contributed by atoms with Crippen LogP contribution in [0.25, 0.3) is 16.2 Å². The molecule has 3 aromatic heterocycles. The van der Waals surface area contributed by atoms with Crippen LogP contribution in [0.5, 0.6) is 0 Å². The minimum Gasteiger partial charge on any atom is -0.443 e. The number of hydrogen-bond acceptors (Lipinski definition) is 6. The molecule has 4 aromatic rings. The standard InChI is InChI=1S/C24H24ClN5O2S/c1-24(2,3)32-23(31)29(14-15-4-6-17(7-5-15)22-26-10-11-33-22)20-12-19(25)28-21-18(16-8-9-16)13-27-30(20)21/h4-7,10-13,16H,8-9,14H2,1-3H3. The van der Waals surface area contributed by atoms with Crippen molar-refractivity contribution in [2.24, 2.45) is 0 Å². The lowest BCUT2D eigenvalue weighted by molar-refractivity contribution is 0.0575. The van der Waals surface area contributed by atoms with Crippen LogP contribution in [-0.4, -0.2) is 31.3 Å². The van der Waals surface area contributed by atoms with Crippen molar-refractivity contribution in [2.45, 2.75) is 51.7 Å². The van der Waals surface area contributed by atoms with Gasteiger partial charge in [0.2, 0.25) is 0 Å². The average Bonchev–Trinajstić information content (AvgIpc) is 3.28. The Labute approximate surface area is 201 Å². The number of nitrogens with zero attached hydrogens (tertiary/aromatic N) is 5. The first-order valence-electron chi connectivity index (χ1n) is 10.8. The third kappa shape index (κ3) is 4.72. The summed E-state index contributed by atoms with van der Waals surface area (Å²) in [5, 5.41) is 7.77. The highest BCUT2D eigenvalue weighted by molar-refractivity contribution is 7.13. The Bertz CT molecular complexity index is 1290. The Hall–Kier alpha value is -2.97. The Morgan fingerprint density at radius 1 is 1.27 bits per heavy atom. The lowest BCUT2D eigenvalue weighted by Gasteiger charge is -2.27. The predicted molar refractivity (Wildman–Crippen MR) is 130 cm³/mol. The van der Waals surface area contributed by atoms with E-state index in [2.05, 4.69) is 15.1 Å². The van der Waals surface area contributed by atoms with Crippen LogP contribution in [0.4, 0.5) is 10.6 Å². The second-order valence-corrected chi connectivity index (χ2v) is 10.4. The highest BCUT2D eigenvalue weighted by Gasteiger charge is 2.31. The van der Waals surface area contributed by atoms with E-state index >= 15 is 0 Å². The van der Waals surface area contributed by atoms with E-state index in [9.17, 15) is 4.79 Å². The number of carbonyl (C=O) groups is 1. The molecule has 7 nitrogen and oxygen atoms in total. The molecule has 3 heterocycles. The van der Waals surface area contributed by atoms with Gasteiger partial charge >= 0.3 is 6.09 Å². The van der Waals surface area contributed by atoms with Gasteiger partial charge in [-0.1, -0.05) is 35.9 Å². The molecular weight excluding hydrogens is 458 g/mol. The Kier molecular flexibility index (Phi) is 5.58. The van der Waals surface area contributed by atoms with Crippen molar-refractivity contribution in [3.05, 3.63) is 64.4 Å². The first-order valence-corrected chi connectivity index (χ1v) is 12.1. The summed E-state index contributed by atoms with van der Waals surface area (Å²) in [4.78, 5) is 23.7. The third-order valence-electron chi connectivity index (χ3n) is 5.33. The van der Waals surface area contributed by atoms with Crippen molar-refractivity contribution in [1.82, 2.24) is 19.6 Å². The number of fused-ring (bicyclic) bond motifs is 1. The van der Waals surface area contributed by atoms with Gasteiger partial charge in [0.25, 0.3) is 0 Å². The molecular formula is C24H24ClN5O2S. The fraction of sp³-hybridized carbons (Fsp3) is 0.333. The summed E-state index contributed by atoms with van der Waals surface area (Å²) in [6.07, 6.45) is 5.38. The zero-order chi connectivity index (χ0) is 23.2. The van der Waals surface area contributed by atoms with Gasteiger partial charge in [0.05, 0.1) is 12.7 Å². The lowest BCUT2D eigenvalue weighted by atomic mass is 10.1. The molecule has 1 aromatic carbocycles. The maximum atomic E-state index is 13.3. The molecule has 0 spiro atoms. The largest absolute Gasteiger partial charge is 0.443 e. The molecule has 0 radical (unpaired) electrons. The van der Waals surface area contributed by atoms with Gasteiger partial charge in [-0.05, 0) is 45.1 Å². The normalized spacial score (nSPS) is 13.9. The smallest absolute Gasteiger partial charge is 0.416 e. The fourth-order valence-corrected chi connectivity index (χ4v) is 4.49. The number of thiazole rings is 1. The van der Waals surface area contributed by atoms with E-state index in [-0.39, 0.29) is 0 Å². The van der Waals surface area contributed by atoms with Crippen molar-refractivity contribution in [3.63, 3.8) is 0 Å². The molecule has 1 saturated carbocycles. The maximum absolute atomic E-state index is 13.3. The summed E-state index contributed by atoms with van der Waals surface area (Å²) in [5.41, 5.74) is 3.08. The van der Waals surface area contributed by atoms with Gasteiger partial charge in [0.1, 0.15) is 21.6 Å². The number of anilines is 1. The van der Waals surface area contributed by atoms with E-state index in [1.165, 1.54) is 0 Å². The van der Waals surface area contributed by atoms with Crippen LogP contribution in [-0.2, 0) is 11.3 Å². The van der Waals surface area contributed by atoms with Crippen LogP contribution in [0.1, 0.15) is 50.7 Å². The van der Waals surface area contributed by atoms with Crippen LogP contribution in [0, 0.1) is 0 Å². The van der Waals surface area contributed by atoms with Crippen LogP contribution < -0.4 is 4.90 Å². The first-order chi connectivity index (χ1) is 15.8. The van der Waals surface area contributed by atoms with Gasteiger partial charge in [-0.2, -0.15) is 9.61 Å². The molecule has 1 aliphatic rings. The molecule has 1 aliphatic carbocycles. The molecule has 9 heteroatoms. The number of halogens is 1. The highest BCUT2D eigenvalue weighted by Crippen LogP contribution is 2.42. The summed E-state index contributed by atoms with van der Waals surface area (Å²) in [6, 6.07) is 9.66. The molecule has 0 atom stereocenters. The van der Waals surface area contributed by atoms with Crippen molar-refractivity contribution in [3.8, 4) is 10.6 Å². The number of benzene rings is 1. The average molecular weight is 482 g/mol. The number of aromatic nitrogens is 4. The summed E-state index contributed by atoms with van der Waals surface area (Å²) in [5.74, 6) is 0.977. The summed E-state index contributed by atoms with van der Waals surface area (Å²) >= 11 is 7.99. The molecule has 0 aliphatic heterocycles. The molecule has 1 amide bonds. The van der Waals surface area contributed by atoms with Crippen LogP contribution >= 0.6 is 22.9 Å². The predicted octanol–water partition coefficient (Wildman–Crippen LogP) is 6.33. The van der Waals surface area contributed by atoms with Crippen molar-refractivity contribution in [1.29, 1.82) is 0 Å². The Morgan fingerprint density at radius 2 is 2.03 bits per heavy atom. The third-order valence-corrected chi connectivity index (χ3v) is 6.35. The van der Waals surface area contributed by atoms with E-state index < -0.39 is 11.7 Å². The number of amides is 1. The summed E-state index contributed by atoms with van der Waals surface area (Å²) < 4.78 is 7.43. The SMILES string of the molecule is CC(C)(C)OC(=O)N(Cc1ccc(-c2nccs2)cc1)c1cc(Cl)nc2c(C3CC3)cnn12. The van der Waals surface area contributed by atoms with Crippen molar-refractivity contribution >= 4 is 40.5 Å². The second kappa shape index (κ2) is 8.43. The van der Waals surface area contributed by atoms with E-state index in [0.29, 0.717) is 29.1 Å². The van der Waals surface area contributed by atoms with Crippen LogP contribution in [0.15, 0.2) is 48.1 Å². The molecule has 0 unspecified atom stereocenters. The van der Waals surface area contributed by atoms with Crippen molar-refractivity contribution < 1.29 is 9.53 Å². The summed E-state index contributed by atoms with van der Waals surface area (Å²) in [6.45, 7) is 5.83. The van der Waals surface area contributed by atoms with Crippen molar-refractivity contribution in [2.75, 3.05) is 4.90 Å². The molecule has 0 N–H and O–H groups in total. The minimum atomic E-state index is -0.650. The van der Waals surface area contributed by atoms with Crippen LogP contribution in [0.3, 0.4) is 0 Å². The first kappa shape index (κ1) is 21.9. The van der Waals surface area contributed by atoms with E-state index in [1.54, 1.807) is 33.0 Å². The van der Waals surface area contributed by atoms with Gasteiger partial charge in [-0.3, -0.25) is 4.90 Å². The fourth-order valence-electron chi connectivity index (χ4n) is 3.67. The van der Waals surface area contributed by atoms with E-state index in [4.69, 9.17) is 16.3 Å². The van der Waals surface area contributed by atoms with Gasteiger partial charge < -0.3 is 4.74 Å². The number of ether oxygens (including phenoxy) is 1. The van der Waals surface area contributed by atoms with Gasteiger partial charge in [-0.15, -0.1) is 11.3 Å². The number of carbonyl (C=O) groups excluding carboxylic acids is 1.